The number of carboxylic acids is 1. The average Bonchev–Trinajstić information content (AvgIpc) is 2.16. The number of aliphatic carboxylic acids is 1. The van der Waals surface area contributed by atoms with Crippen molar-refractivity contribution in [3.05, 3.63) is 30.3 Å². The van der Waals surface area contributed by atoms with Crippen LogP contribution in [0.3, 0.4) is 0 Å². The predicted molar refractivity (Wildman–Crippen MR) is 55.2 cm³/mol. The van der Waals surface area contributed by atoms with Gasteiger partial charge in [-0.2, -0.15) is 0 Å². The number of carbonyl (C=O) groups is 1. The van der Waals surface area contributed by atoms with Crippen molar-refractivity contribution < 1.29 is 9.90 Å². The molecule has 3 heteroatoms. The van der Waals surface area contributed by atoms with Gasteiger partial charge in [0.15, 0.2) is 0 Å². The lowest BCUT2D eigenvalue weighted by Crippen LogP contribution is -2.31. The molecule has 0 aliphatic carbocycles. The summed E-state index contributed by atoms with van der Waals surface area (Å²) in [6.45, 7) is 3.78. The Bertz CT molecular complexity index is 306. The molecule has 0 heterocycles. The van der Waals surface area contributed by atoms with E-state index in [1.165, 1.54) is 0 Å². The van der Waals surface area contributed by atoms with Crippen LogP contribution in [0.2, 0.25) is 0 Å². The van der Waals surface area contributed by atoms with Crippen LogP contribution in [0.4, 0.5) is 5.69 Å². The Hall–Kier alpha value is -1.51. The summed E-state index contributed by atoms with van der Waals surface area (Å²) in [5.74, 6) is -0.801. The third-order valence-electron chi connectivity index (χ3n) is 2.02. The van der Waals surface area contributed by atoms with E-state index in [-0.39, 0.29) is 0 Å². The maximum Gasteiger partial charge on any atom is 0.310 e. The minimum atomic E-state index is -0.801. The van der Waals surface area contributed by atoms with Gasteiger partial charge in [0.1, 0.15) is 0 Å². The van der Waals surface area contributed by atoms with E-state index in [0.29, 0.717) is 6.54 Å². The summed E-state index contributed by atoms with van der Waals surface area (Å²) in [6, 6.07) is 10.2. The minimum Gasteiger partial charge on any atom is -0.481 e. The lowest BCUT2D eigenvalue weighted by molar-refractivity contribution is -0.146. The largest absolute Gasteiger partial charge is 0.481 e. The molecule has 75 valence electrons. The van der Waals surface area contributed by atoms with E-state index in [4.69, 9.17) is 5.11 Å². The van der Waals surface area contributed by atoms with Crippen LogP contribution in [0.25, 0.3) is 0 Å². The number of anilines is 1. The second-order valence-corrected chi connectivity index (χ2v) is 3.83. The number of carboxylic acid groups (broad SMARTS) is 1. The van der Waals surface area contributed by atoms with Crippen molar-refractivity contribution in [2.45, 2.75) is 13.8 Å². The van der Waals surface area contributed by atoms with Gasteiger partial charge in [0.25, 0.3) is 0 Å². The quantitative estimate of drug-likeness (QED) is 0.767. The van der Waals surface area contributed by atoms with Crippen molar-refractivity contribution in [3.63, 3.8) is 0 Å². The molecule has 0 atom stereocenters. The van der Waals surface area contributed by atoms with Gasteiger partial charge in [-0.1, -0.05) is 12.1 Å². The summed E-state index contributed by atoms with van der Waals surface area (Å²) in [7, 11) is 0. The monoisotopic (exact) mass is 192 g/mol. The molecule has 0 aliphatic rings. The molecule has 0 aromatic heterocycles. The Kier molecular flexibility index (Phi) is 3.12. The molecule has 0 saturated heterocycles. The fourth-order valence-corrected chi connectivity index (χ4v) is 0.902. The van der Waals surface area contributed by atoms with Crippen LogP contribution in [0, 0.1) is 11.5 Å². The smallest absolute Gasteiger partial charge is 0.310 e. The van der Waals surface area contributed by atoms with Crippen molar-refractivity contribution in [2.75, 3.05) is 11.9 Å². The lowest BCUT2D eigenvalue weighted by Gasteiger charge is -2.20. The maximum atomic E-state index is 10.8. The first kappa shape index (κ1) is 10.6. The topological polar surface area (TPSA) is 49.3 Å². The third kappa shape index (κ3) is 2.76. The Morgan fingerprint density at radius 1 is 1.64 bits per heavy atom. The fourth-order valence-electron chi connectivity index (χ4n) is 0.902. The molecule has 1 aromatic carbocycles. The Labute approximate surface area is 83.8 Å². The van der Waals surface area contributed by atoms with Gasteiger partial charge < -0.3 is 10.4 Å². The van der Waals surface area contributed by atoms with E-state index < -0.39 is 11.4 Å². The third-order valence-corrected chi connectivity index (χ3v) is 2.02. The van der Waals surface area contributed by atoms with Gasteiger partial charge in [-0.15, -0.1) is 0 Å². The van der Waals surface area contributed by atoms with E-state index in [2.05, 4.69) is 11.4 Å². The van der Waals surface area contributed by atoms with Crippen molar-refractivity contribution in [1.82, 2.24) is 0 Å². The van der Waals surface area contributed by atoms with Crippen molar-refractivity contribution in [3.8, 4) is 0 Å². The van der Waals surface area contributed by atoms with Gasteiger partial charge in [-0.3, -0.25) is 4.79 Å². The predicted octanol–water partition coefficient (Wildman–Crippen LogP) is 2.01. The highest BCUT2D eigenvalue weighted by molar-refractivity contribution is 5.74. The summed E-state index contributed by atoms with van der Waals surface area (Å²) in [5, 5.41) is 11.9. The second kappa shape index (κ2) is 4.13. The Morgan fingerprint density at radius 3 is 2.86 bits per heavy atom. The molecule has 0 spiro atoms. The van der Waals surface area contributed by atoms with Gasteiger partial charge in [0.2, 0.25) is 0 Å². The van der Waals surface area contributed by atoms with Gasteiger partial charge >= 0.3 is 5.97 Å². The van der Waals surface area contributed by atoms with Crippen LogP contribution >= 0.6 is 0 Å². The summed E-state index contributed by atoms with van der Waals surface area (Å²) in [6.07, 6.45) is 0. The van der Waals surface area contributed by atoms with Crippen molar-refractivity contribution >= 4 is 11.7 Å². The first-order chi connectivity index (χ1) is 6.52. The van der Waals surface area contributed by atoms with Crippen LogP contribution in [-0.4, -0.2) is 17.6 Å². The Morgan fingerprint density at radius 2 is 2.36 bits per heavy atom. The minimum absolute atomic E-state index is 0.403. The normalized spacial score (nSPS) is 11.0. The molecule has 0 fully saturated rings. The number of hydrogen-bond acceptors (Lipinski definition) is 2. The fraction of sp³-hybridized carbons (Fsp3) is 0.364. The molecular weight excluding hydrogens is 178 g/mol. The molecule has 1 aromatic rings. The summed E-state index contributed by atoms with van der Waals surface area (Å²) in [4.78, 5) is 10.8. The molecule has 0 amide bonds. The molecule has 3 nitrogen and oxygen atoms in total. The number of rotatable bonds is 4. The molecule has 0 bridgehead atoms. The molecule has 0 aliphatic heterocycles. The van der Waals surface area contributed by atoms with Crippen LogP contribution in [0.5, 0.6) is 0 Å². The van der Waals surface area contributed by atoms with Gasteiger partial charge in [-0.25, -0.2) is 0 Å². The van der Waals surface area contributed by atoms with E-state index in [0.717, 1.165) is 5.69 Å². The molecule has 0 saturated carbocycles. The standard InChI is InChI=1S/C11H14NO2/c1-11(2,10(13)14)8-12-9-6-4-3-5-7-9/h3-4,6-7,12H,8H2,1-2H3,(H,13,14). The SMILES string of the molecule is CC(C)(CNc1c[c]ccc1)C(=O)O. The molecule has 1 radical (unpaired) electrons. The van der Waals surface area contributed by atoms with Crippen molar-refractivity contribution in [1.29, 1.82) is 0 Å². The zero-order valence-corrected chi connectivity index (χ0v) is 8.37. The molecular formula is C11H14NO2. The molecule has 0 unspecified atom stereocenters. The zero-order chi connectivity index (χ0) is 10.6. The maximum absolute atomic E-state index is 10.8. The van der Waals surface area contributed by atoms with E-state index >= 15 is 0 Å². The summed E-state index contributed by atoms with van der Waals surface area (Å²) >= 11 is 0. The second-order valence-electron chi connectivity index (χ2n) is 3.83. The number of hydrogen-bond donors (Lipinski definition) is 2. The number of benzene rings is 1. The van der Waals surface area contributed by atoms with E-state index in [1.54, 1.807) is 26.0 Å². The highest BCUT2D eigenvalue weighted by atomic mass is 16.4. The van der Waals surface area contributed by atoms with Gasteiger partial charge in [0, 0.05) is 12.2 Å². The van der Waals surface area contributed by atoms with Crippen LogP contribution in [0.15, 0.2) is 24.3 Å². The first-order valence-corrected chi connectivity index (χ1v) is 4.46. The molecule has 1 rings (SSSR count). The van der Waals surface area contributed by atoms with E-state index in [1.807, 2.05) is 12.1 Å². The average molecular weight is 192 g/mol. The van der Waals surface area contributed by atoms with E-state index in [9.17, 15) is 4.79 Å². The van der Waals surface area contributed by atoms with Crippen molar-refractivity contribution in [2.24, 2.45) is 5.41 Å². The van der Waals surface area contributed by atoms with Gasteiger partial charge in [-0.05, 0) is 32.0 Å². The first-order valence-electron chi connectivity index (χ1n) is 4.46. The Balaban J connectivity index is 2.53. The molecule has 2 N–H and O–H groups in total. The number of nitrogens with one attached hydrogen (secondary N) is 1. The van der Waals surface area contributed by atoms with Crippen LogP contribution in [-0.2, 0) is 4.79 Å². The highest BCUT2D eigenvalue weighted by Gasteiger charge is 2.26. The van der Waals surface area contributed by atoms with Gasteiger partial charge in [0.05, 0.1) is 5.41 Å². The molecule has 14 heavy (non-hydrogen) atoms. The summed E-state index contributed by atoms with van der Waals surface area (Å²) in [5.41, 5.74) is 0.136. The highest BCUT2D eigenvalue weighted by Crippen LogP contribution is 2.16. The van der Waals surface area contributed by atoms with Crippen LogP contribution in [0.1, 0.15) is 13.8 Å². The lowest BCUT2D eigenvalue weighted by atomic mass is 9.94. The zero-order valence-electron chi connectivity index (χ0n) is 8.37. The summed E-state index contributed by atoms with van der Waals surface area (Å²) < 4.78 is 0. The van der Waals surface area contributed by atoms with Crippen LogP contribution < -0.4 is 5.32 Å².